The molecule has 0 fully saturated rings. The number of halogens is 1. The van der Waals surface area contributed by atoms with Crippen molar-refractivity contribution in [2.24, 2.45) is 5.73 Å². The second kappa shape index (κ2) is 6.06. The SMILES string of the molecule is CC(C)c1ccccc1Oc1c(F)cccc1[C@@H](C)N. The van der Waals surface area contributed by atoms with Gasteiger partial charge in [-0.05, 0) is 30.5 Å². The Morgan fingerprint density at radius 3 is 2.25 bits per heavy atom. The van der Waals surface area contributed by atoms with Crippen LogP contribution in [-0.4, -0.2) is 0 Å². The highest BCUT2D eigenvalue weighted by molar-refractivity contribution is 5.44. The smallest absolute Gasteiger partial charge is 0.167 e. The van der Waals surface area contributed by atoms with Crippen LogP contribution < -0.4 is 10.5 Å². The summed E-state index contributed by atoms with van der Waals surface area (Å²) in [4.78, 5) is 0. The minimum absolute atomic E-state index is 0.218. The highest BCUT2D eigenvalue weighted by atomic mass is 19.1. The first-order valence-corrected chi connectivity index (χ1v) is 6.81. The largest absolute Gasteiger partial charge is 0.454 e. The van der Waals surface area contributed by atoms with Crippen molar-refractivity contribution in [3.05, 3.63) is 59.4 Å². The summed E-state index contributed by atoms with van der Waals surface area (Å²) in [5.74, 6) is 0.806. The molecule has 0 radical (unpaired) electrons. The van der Waals surface area contributed by atoms with Crippen LogP contribution in [0.15, 0.2) is 42.5 Å². The van der Waals surface area contributed by atoms with E-state index in [-0.39, 0.29) is 11.8 Å². The monoisotopic (exact) mass is 273 g/mol. The lowest BCUT2D eigenvalue weighted by Crippen LogP contribution is -2.08. The summed E-state index contributed by atoms with van der Waals surface area (Å²) in [6, 6.07) is 12.2. The Bertz CT molecular complexity index is 593. The molecule has 0 aliphatic rings. The maximum atomic E-state index is 14.0. The molecule has 106 valence electrons. The molecule has 0 aliphatic carbocycles. The third-order valence-electron chi connectivity index (χ3n) is 3.24. The van der Waals surface area contributed by atoms with Gasteiger partial charge < -0.3 is 10.5 Å². The van der Waals surface area contributed by atoms with Gasteiger partial charge in [-0.3, -0.25) is 0 Å². The molecular formula is C17H20FNO. The van der Waals surface area contributed by atoms with Crippen LogP contribution in [0.3, 0.4) is 0 Å². The average molecular weight is 273 g/mol. The number of benzene rings is 2. The van der Waals surface area contributed by atoms with E-state index in [1.54, 1.807) is 12.1 Å². The van der Waals surface area contributed by atoms with Crippen LogP contribution in [-0.2, 0) is 0 Å². The van der Waals surface area contributed by atoms with Crippen molar-refractivity contribution < 1.29 is 9.13 Å². The molecule has 0 saturated carbocycles. The van der Waals surface area contributed by atoms with Crippen LogP contribution >= 0.6 is 0 Å². The molecule has 2 N–H and O–H groups in total. The van der Waals surface area contributed by atoms with Crippen molar-refractivity contribution in [1.82, 2.24) is 0 Å². The van der Waals surface area contributed by atoms with Gasteiger partial charge in [-0.25, -0.2) is 4.39 Å². The van der Waals surface area contributed by atoms with Crippen molar-refractivity contribution in [3.8, 4) is 11.5 Å². The van der Waals surface area contributed by atoms with Crippen LogP contribution in [0.25, 0.3) is 0 Å². The fourth-order valence-electron chi connectivity index (χ4n) is 2.15. The number of hydrogen-bond donors (Lipinski definition) is 1. The lowest BCUT2D eigenvalue weighted by atomic mass is 10.0. The molecule has 0 saturated heterocycles. The summed E-state index contributed by atoms with van der Waals surface area (Å²) in [5, 5.41) is 0. The molecule has 2 aromatic carbocycles. The Morgan fingerprint density at radius 1 is 0.950 bits per heavy atom. The topological polar surface area (TPSA) is 35.2 Å². The number of para-hydroxylation sites is 2. The van der Waals surface area contributed by atoms with Gasteiger partial charge in [0.05, 0.1) is 0 Å². The van der Waals surface area contributed by atoms with Gasteiger partial charge in [-0.1, -0.05) is 44.2 Å². The van der Waals surface area contributed by atoms with Gasteiger partial charge in [-0.2, -0.15) is 0 Å². The molecule has 0 amide bonds. The van der Waals surface area contributed by atoms with Crippen molar-refractivity contribution >= 4 is 0 Å². The first kappa shape index (κ1) is 14.5. The molecule has 0 unspecified atom stereocenters. The van der Waals surface area contributed by atoms with E-state index in [4.69, 9.17) is 10.5 Å². The molecule has 0 bridgehead atoms. The molecule has 2 aromatic rings. The van der Waals surface area contributed by atoms with Crippen LogP contribution in [0, 0.1) is 5.82 Å². The number of nitrogens with two attached hydrogens (primary N) is 1. The molecule has 1 atom stereocenters. The molecular weight excluding hydrogens is 253 g/mol. The zero-order valence-electron chi connectivity index (χ0n) is 12.1. The van der Waals surface area contributed by atoms with Crippen molar-refractivity contribution in [2.75, 3.05) is 0 Å². The van der Waals surface area contributed by atoms with Crippen LogP contribution in [0.5, 0.6) is 11.5 Å². The molecule has 2 rings (SSSR count). The molecule has 3 heteroatoms. The first-order chi connectivity index (χ1) is 9.50. The maximum Gasteiger partial charge on any atom is 0.167 e. The van der Waals surface area contributed by atoms with Gasteiger partial charge in [0.15, 0.2) is 11.6 Å². The highest BCUT2D eigenvalue weighted by Crippen LogP contribution is 2.35. The summed E-state index contributed by atoms with van der Waals surface area (Å²) in [5.41, 5.74) is 7.61. The molecule has 2 nitrogen and oxygen atoms in total. The van der Waals surface area contributed by atoms with Crippen LogP contribution in [0.2, 0.25) is 0 Å². The normalized spacial score (nSPS) is 12.5. The van der Waals surface area contributed by atoms with E-state index >= 15 is 0 Å². The summed E-state index contributed by atoms with van der Waals surface area (Å²) >= 11 is 0. The molecule has 0 heterocycles. The zero-order chi connectivity index (χ0) is 14.7. The van der Waals surface area contributed by atoms with Crippen molar-refractivity contribution in [2.45, 2.75) is 32.7 Å². The number of hydrogen-bond acceptors (Lipinski definition) is 2. The third-order valence-corrected chi connectivity index (χ3v) is 3.24. The summed E-state index contributed by atoms with van der Waals surface area (Å²) in [6.07, 6.45) is 0. The van der Waals surface area contributed by atoms with Gasteiger partial charge in [0.2, 0.25) is 0 Å². The van der Waals surface area contributed by atoms with E-state index in [0.29, 0.717) is 17.2 Å². The molecule has 0 aliphatic heterocycles. The van der Waals surface area contributed by atoms with Crippen LogP contribution in [0.1, 0.15) is 43.9 Å². The van der Waals surface area contributed by atoms with E-state index in [9.17, 15) is 4.39 Å². The standard InChI is InChI=1S/C17H20FNO/c1-11(2)13-7-4-5-10-16(13)20-17-14(12(3)19)8-6-9-15(17)18/h4-12H,19H2,1-3H3/t12-/m1/s1. The number of rotatable bonds is 4. The Balaban J connectivity index is 2.45. The summed E-state index contributed by atoms with van der Waals surface area (Å²) in [7, 11) is 0. The quantitative estimate of drug-likeness (QED) is 0.871. The maximum absolute atomic E-state index is 14.0. The predicted octanol–water partition coefficient (Wildman–Crippen LogP) is 4.76. The third kappa shape index (κ3) is 2.99. The predicted molar refractivity (Wildman–Crippen MR) is 79.6 cm³/mol. The van der Waals surface area contributed by atoms with E-state index in [1.807, 2.05) is 31.2 Å². The van der Waals surface area contributed by atoms with Gasteiger partial charge >= 0.3 is 0 Å². The molecule has 0 aromatic heterocycles. The first-order valence-electron chi connectivity index (χ1n) is 6.81. The summed E-state index contributed by atoms with van der Waals surface area (Å²) < 4.78 is 19.9. The van der Waals surface area contributed by atoms with Gasteiger partial charge in [0, 0.05) is 11.6 Å². The molecule has 0 spiro atoms. The Morgan fingerprint density at radius 2 is 1.60 bits per heavy atom. The Hall–Kier alpha value is -1.87. The minimum Gasteiger partial charge on any atom is -0.454 e. The van der Waals surface area contributed by atoms with E-state index in [1.165, 1.54) is 6.07 Å². The fourth-order valence-corrected chi connectivity index (χ4v) is 2.15. The van der Waals surface area contributed by atoms with Crippen molar-refractivity contribution in [3.63, 3.8) is 0 Å². The zero-order valence-corrected chi connectivity index (χ0v) is 12.1. The fraction of sp³-hybridized carbons (Fsp3) is 0.294. The van der Waals surface area contributed by atoms with Crippen molar-refractivity contribution in [1.29, 1.82) is 0 Å². The Labute approximate surface area is 119 Å². The van der Waals surface area contributed by atoms with E-state index < -0.39 is 5.82 Å². The molecule has 20 heavy (non-hydrogen) atoms. The minimum atomic E-state index is -0.390. The number of ether oxygens (including phenoxy) is 1. The van der Waals surface area contributed by atoms with Crippen LogP contribution in [0.4, 0.5) is 4.39 Å². The second-order valence-corrected chi connectivity index (χ2v) is 5.24. The van der Waals surface area contributed by atoms with Gasteiger partial charge in [0.1, 0.15) is 5.75 Å². The van der Waals surface area contributed by atoms with E-state index in [2.05, 4.69) is 13.8 Å². The van der Waals surface area contributed by atoms with E-state index in [0.717, 1.165) is 5.56 Å². The van der Waals surface area contributed by atoms with Gasteiger partial charge in [0.25, 0.3) is 0 Å². The second-order valence-electron chi connectivity index (χ2n) is 5.24. The Kier molecular flexibility index (Phi) is 4.40. The lowest BCUT2D eigenvalue weighted by molar-refractivity contribution is 0.426. The summed E-state index contributed by atoms with van der Waals surface area (Å²) in [6.45, 7) is 5.97. The highest BCUT2D eigenvalue weighted by Gasteiger charge is 2.16. The lowest BCUT2D eigenvalue weighted by Gasteiger charge is -2.17. The average Bonchev–Trinajstić information content (AvgIpc) is 2.41. The van der Waals surface area contributed by atoms with Gasteiger partial charge in [-0.15, -0.1) is 0 Å².